The molecule has 0 radical (unpaired) electrons. The van der Waals surface area contributed by atoms with Crippen LogP contribution in [0.3, 0.4) is 0 Å². The monoisotopic (exact) mass is 441 g/mol. The Hall–Kier alpha value is -3.41. The molecule has 1 spiro atoms. The summed E-state index contributed by atoms with van der Waals surface area (Å²) in [7, 11) is 4.12. The molecule has 3 heterocycles. The fraction of sp³-hybridized carbons (Fsp3) is 0.370. The lowest BCUT2D eigenvalue weighted by Crippen LogP contribution is -2.42. The molecule has 2 aliphatic rings. The summed E-state index contributed by atoms with van der Waals surface area (Å²) in [5.74, 6) is 1.29. The molecule has 33 heavy (non-hydrogen) atoms. The van der Waals surface area contributed by atoms with Crippen LogP contribution in [0.5, 0.6) is 0 Å². The van der Waals surface area contributed by atoms with Gasteiger partial charge in [0.05, 0.1) is 0 Å². The summed E-state index contributed by atoms with van der Waals surface area (Å²) in [6.07, 6.45) is 6.84. The summed E-state index contributed by atoms with van der Waals surface area (Å²) in [6, 6.07) is 18.5. The molecular formula is C27H31N5O. The normalized spacial score (nSPS) is 18.7. The van der Waals surface area contributed by atoms with E-state index in [1.165, 1.54) is 16.8 Å². The first-order valence-electron chi connectivity index (χ1n) is 11.7. The van der Waals surface area contributed by atoms with Gasteiger partial charge in [-0.25, -0.2) is 4.98 Å². The van der Waals surface area contributed by atoms with Crippen LogP contribution in [-0.2, 0) is 5.41 Å². The fourth-order valence-electron chi connectivity index (χ4n) is 5.51. The number of benzene rings is 1. The highest BCUT2D eigenvalue weighted by atomic mass is 16.1. The molecule has 1 aliphatic carbocycles. The van der Waals surface area contributed by atoms with E-state index in [-0.39, 0.29) is 11.3 Å². The zero-order valence-electron chi connectivity index (χ0n) is 19.4. The number of carbonyl (C=O) groups excluding carboxylic acids is 1. The highest BCUT2D eigenvalue weighted by Crippen LogP contribution is 2.51. The van der Waals surface area contributed by atoms with Crippen molar-refractivity contribution in [3.63, 3.8) is 0 Å². The van der Waals surface area contributed by atoms with Crippen LogP contribution in [0.2, 0.25) is 0 Å². The standard InChI is InChI=1S/C27H31N5O/c1-31(2)21-10-14-29-25(17-21)32-15-11-27(12-16-32)18-20(22-7-3-4-8-23(22)27)19-30-26(33)24-9-5-6-13-28-24/h3-10,13-14,17,20H,11-12,15-16,18-19H2,1-2H3,(H,30,33). The van der Waals surface area contributed by atoms with Gasteiger partial charge in [0, 0.05) is 63.8 Å². The van der Waals surface area contributed by atoms with E-state index in [0.29, 0.717) is 18.2 Å². The molecule has 1 fully saturated rings. The maximum atomic E-state index is 12.6. The molecule has 1 N–H and O–H groups in total. The van der Waals surface area contributed by atoms with Gasteiger partial charge < -0.3 is 15.1 Å². The summed E-state index contributed by atoms with van der Waals surface area (Å²) < 4.78 is 0. The minimum atomic E-state index is -0.101. The van der Waals surface area contributed by atoms with Crippen LogP contribution >= 0.6 is 0 Å². The molecule has 6 nitrogen and oxygen atoms in total. The number of pyridine rings is 2. The zero-order chi connectivity index (χ0) is 22.8. The molecule has 0 bridgehead atoms. The average molecular weight is 442 g/mol. The highest BCUT2D eigenvalue weighted by Gasteiger charge is 2.45. The predicted molar refractivity (Wildman–Crippen MR) is 132 cm³/mol. The smallest absolute Gasteiger partial charge is 0.269 e. The molecule has 5 rings (SSSR count). The van der Waals surface area contributed by atoms with Crippen molar-refractivity contribution in [1.82, 2.24) is 15.3 Å². The van der Waals surface area contributed by atoms with E-state index < -0.39 is 0 Å². The van der Waals surface area contributed by atoms with Gasteiger partial charge >= 0.3 is 0 Å². The van der Waals surface area contributed by atoms with E-state index in [0.717, 1.165) is 38.2 Å². The number of anilines is 2. The van der Waals surface area contributed by atoms with Gasteiger partial charge in [0.25, 0.3) is 5.91 Å². The third-order valence-electron chi connectivity index (χ3n) is 7.31. The van der Waals surface area contributed by atoms with Crippen molar-refractivity contribution in [1.29, 1.82) is 0 Å². The first-order valence-corrected chi connectivity index (χ1v) is 11.7. The number of rotatable bonds is 5. The molecule has 3 aromatic rings. The number of nitrogens with zero attached hydrogens (tertiary/aromatic N) is 4. The Balaban J connectivity index is 1.30. The third kappa shape index (κ3) is 4.17. The summed E-state index contributed by atoms with van der Waals surface area (Å²) in [6.45, 7) is 2.63. The summed E-state index contributed by atoms with van der Waals surface area (Å²) in [5, 5.41) is 3.13. The van der Waals surface area contributed by atoms with Gasteiger partial charge in [-0.15, -0.1) is 0 Å². The van der Waals surface area contributed by atoms with Crippen LogP contribution in [0.1, 0.15) is 46.8 Å². The number of aromatic nitrogens is 2. The van der Waals surface area contributed by atoms with Crippen molar-refractivity contribution in [3.8, 4) is 0 Å². The number of carbonyl (C=O) groups is 1. The van der Waals surface area contributed by atoms with E-state index in [1.807, 2.05) is 24.4 Å². The molecule has 2 aromatic heterocycles. The molecule has 1 aliphatic heterocycles. The molecule has 1 amide bonds. The zero-order valence-corrected chi connectivity index (χ0v) is 19.4. The number of piperidine rings is 1. The van der Waals surface area contributed by atoms with Gasteiger partial charge in [-0.2, -0.15) is 0 Å². The van der Waals surface area contributed by atoms with Crippen molar-refractivity contribution in [2.75, 3.05) is 43.5 Å². The second-order valence-corrected chi connectivity index (χ2v) is 9.45. The second-order valence-electron chi connectivity index (χ2n) is 9.45. The Morgan fingerprint density at radius 3 is 2.61 bits per heavy atom. The van der Waals surface area contributed by atoms with Crippen LogP contribution in [0.15, 0.2) is 67.0 Å². The first-order chi connectivity index (χ1) is 16.1. The van der Waals surface area contributed by atoms with Gasteiger partial charge in [0.15, 0.2) is 0 Å². The number of hydrogen-bond donors (Lipinski definition) is 1. The van der Waals surface area contributed by atoms with Crippen molar-refractivity contribution in [2.24, 2.45) is 0 Å². The first kappa shape index (κ1) is 21.4. The van der Waals surface area contributed by atoms with E-state index in [2.05, 4.69) is 69.5 Å². The highest BCUT2D eigenvalue weighted by molar-refractivity contribution is 5.92. The van der Waals surface area contributed by atoms with Crippen LogP contribution in [-0.4, -0.2) is 49.6 Å². The Morgan fingerprint density at radius 2 is 1.85 bits per heavy atom. The van der Waals surface area contributed by atoms with E-state index in [1.54, 1.807) is 12.3 Å². The van der Waals surface area contributed by atoms with E-state index in [9.17, 15) is 4.79 Å². The van der Waals surface area contributed by atoms with Gasteiger partial charge in [-0.3, -0.25) is 9.78 Å². The number of fused-ring (bicyclic) bond motifs is 2. The number of amides is 1. The Bertz CT molecular complexity index is 1120. The molecule has 1 unspecified atom stereocenters. The molecule has 1 aromatic carbocycles. The van der Waals surface area contributed by atoms with Crippen molar-refractivity contribution in [2.45, 2.75) is 30.6 Å². The average Bonchev–Trinajstić information content (AvgIpc) is 3.16. The Labute approximate surface area is 195 Å². The molecule has 0 saturated carbocycles. The largest absolute Gasteiger partial charge is 0.378 e. The quantitative estimate of drug-likeness (QED) is 0.649. The molecular weight excluding hydrogens is 410 g/mol. The lowest BCUT2D eigenvalue weighted by atomic mass is 9.73. The number of hydrogen-bond acceptors (Lipinski definition) is 5. The van der Waals surface area contributed by atoms with Gasteiger partial charge in [0.1, 0.15) is 11.5 Å². The van der Waals surface area contributed by atoms with Gasteiger partial charge in [0.2, 0.25) is 0 Å². The lowest BCUT2D eigenvalue weighted by molar-refractivity contribution is 0.0945. The van der Waals surface area contributed by atoms with E-state index >= 15 is 0 Å². The summed E-state index contributed by atoms with van der Waals surface area (Å²) >= 11 is 0. The Morgan fingerprint density at radius 1 is 1.06 bits per heavy atom. The topological polar surface area (TPSA) is 61.4 Å². The summed E-state index contributed by atoms with van der Waals surface area (Å²) in [5.41, 5.74) is 4.68. The van der Waals surface area contributed by atoms with Gasteiger partial charge in [-0.1, -0.05) is 30.3 Å². The minimum absolute atomic E-state index is 0.101. The minimum Gasteiger partial charge on any atom is -0.378 e. The predicted octanol–water partition coefficient (Wildman–Crippen LogP) is 4.00. The van der Waals surface area contributed by atoms with Crippen LogP contribution in [0.25, 0.3) is 0 Å². The second kappa shape index (κ2) is 8.85. The molecule has 170 valence electrons. The molecule has 6 heteroatoms. The van der Waals surface area contributed by atoms with Crippen LogP contribution < -0.4 is 15.1 Å². The van der Waals surface area contributed by atoms with Crippen LogP contribution in [0, 0.1) is 0 Å². The van der Waals surface area contributed by atoms with Crippen molar-refractivity contribution >= 4 is 17.4 Å². The van der Waals surface area contributed by atoms with Crippen molar-refractivity contribution < 1.29 is 4.79 Å². The Kier molecular flexibility index (Phi) is 5.75. The maximum absolute atomic E-state index is 12.6. The van der Waals surface area contributed by atoms with Gasteiger partial charge in [-0.05, 0) is 54.0 Å². The molecule has 1 atom stereocenters. The number of nitrogens with one attached hydrogen (secondary N) is 1. The van der Waals surface area contributed by atoms with E-state index in [4.69, 9.17) is 0 Å². The fourth-order valence-corrected chi connectivity index (χ4v) is 5.51. The molecule has 1 saturated heterocycles. The lowest BCUT2D eigenvalue weighted by Gasteiger charge is -2.41. The SMILES string of the molecule is CN(C)c1ccnc(N2CCC3(CC2)CC(CNC(=O)c2ccccn2)c2ccccc23)c1. The van der Waals surface area contributed by atoms with Crippen molar-refractivity contribution in [3.05, 3.63) is 83.8 Å². The maximum Gasteiger partial charge on any atom is 0.269 e. The third-order valence-corrected chi connectivity index (χ3v) is 7.31. The summed E-state index contributed by atoms with van der Waals surface area (Å²) in [4.78, 5) is 25.9. The van der Waals surface area contributed by atoms with Crippen LogP contribution in [0.4, 0.5) is 11.5 Å².